The third-order valence-corrected chi connectivity index (χ3v) is 2.79. The molecular formula is C16H28O2. The van der Waals surface area contributed by atoms with Gasteiger partial charge in [-0.1, -0.05) is 45.1 Å². The number of carbonyl (C=O) groups is 1. The zero-order valence-electron chi connectivity index (χ0n) is 11.8. The second-order valence-electron chi connectivity index (χ2n) is 4.60. The number of ether oxygens (including phenoxy) is 1. The van der Waals surface area contributed by atoms with Crippen LogP contribution in [0.5, 0.6) is 0 Å². The summed E-state index contributed by atoms with van der Waals surface area (Å²) in [5.74, 6) is -0.103. The van der Waals surface area contributed by atoms with Crippen molar-refractivity contribution in [1.82, 2.24) is 0 Å². The van der Waals surface area contributed by atoms with E-state index in [9.17, 15) is 4.79 Å². The summed E-state index contributed by atoms with van der Waals surface area (Å²) >= 11 is 0. The van der Waals surface area contributed by atoms with Crippen LogP contribution in [0.4, 0.5) is 0 Å². The Hall–Kier alpha value is -1.05. The summed E-state index contributed by atoms with van der Waals surface area (Å²) < 4.78 is 4.97. The van der Waals surface area contributed by atoms with Crippen LogP contribution in [0.1, 0.15) is 71.1 Å². The van der Waals surface area contributed by atoms with Crippen LogP contribution in [0, 0.1) is 0 Å². The van der Waals surface area contributed by atoms with Crippen molar-refractivity contribution in [2.75, 3.05) is 0 Å². The van der Waals surface area contributed by atoms with Crippen LogP contribution in [-0.2, 0) is 9.53 Å². The molecule has 0 amide bonds. The van der Waals surface area contributed by atoms with Crippen LogP contribution >= 0.6 is 0 Å². The van der Waals surface area contributed by atoms with Crippen molar-refractivity contribution in [2.24, 2.45) is 0 Å². The summed E-state index contributed by atoms with van der Waals surface area (Å²) in [6.45, 7) is 5.80. The van der Waals surface area contributed by atoms with E-state index in [-0.39, 0.29) is 5.97 Å². The van der Waals surface area contributed by atoms with Crippen molar-refractivity contribution in [2.45, 2.75) is 71.1 Å². The van der Waals surface area contributed by atoms with Crippen molar-refractivity contribution >= 4 is 5.97 Å². The second-order valence-corrected chi connectivity index (χ2v) is 4.60. The van der Waals surface area contributed by atoms with Crippen LogP contribution < -0.4 is 0 Å². The minimum atomic E-state index is -0.103. The quantitative estimate of drug-likeness (QED) is 0.208. The van der Waals surface area contributed by atoms with Crippen LogP contribution in [0.3, 0.4) is 0 Å². The maximum absolute atomic E-state index is 11.3. The van der Waals surface area contributed by atoms with E-state index >= 15 is 0 Å². The predicted octanol–water partition coefficient (Wildman–Crippen LogP) is 5.15. The molecular weight excluding hydrogens is 224 g/mol. The van der Waals surface area contributed by atoms with Crippen molar-refractivity contribution < 1.29 is 9.53 Å². The Morgan fingerprint density at radius 3 is 2.39 bits per heavy atom. The van der Waals surface area contributed by atoms with Gasteiger partial charge in [0.05, 0.1) is 6.26 Å². The number of hydrogen-bond acceptors (Lipinski definition) is 2. The highest BCUT2D eigenvalue weighted by atomic mass is 16.5. The number of rotatable bonds is 12. The zero-order chi connectivity index (χ0) is 13.5. The Morgan fingerprint density at radius 2 is 1.72 bits per heavy atom. The van der Waals surface area contributed by atoms with Gasteiger partial charge in [0.1, 0.15) is 0 Å². The van der Waals surface area contributed by atoms with E-state index in [0.717, 1.165) is 32.1 Å². The number of esters is 1. The van der Waals surface area contributed by atoms with E-state index in [1.165, 1.54) is 31.9 Å². The number of unbranched alkanes of at least 4 members (excludes halogenated alkanes) is 7. The maximum Gasteiger partial charge on any atom is 0.310 e. The average molecular weight is 252 g/mol. The topological polar surface area (TPSA) is 26.3 Å². The van der Waals surface area contributed by atoms with Crippen LogP contribution in [-0.4, -0.2) is 5.97 Å². The molecule has 2 nitrogen and oxygen atoms in total. The van der Waals surface area contributed by atoms with Crippen molar-refractivity contribution in [1.29, 1.82) is 0 Å². The van der Waals surface area contributed by atoms with Crippen molar-refractivity contribution in [3.05, 3.63) is 25.0 Å². The molecule has 0 aromatic carbocycles. The van der Waals surface area contributed by atoms with E-state index in [1.807, 2.05) is 12.2 Å². The molecule has 104 valence electrons. The number of allylic oxidation sites excluding steroid dienone is 2. The molecule has 18 heavy (non-hydrogen) atoms. The van der Waals surface area contributed by atoms with Gasteiger partial charge in [-0.05, 0) is 31.8 Å². The first-order valence-electron chi connectivity index (χ1n) is 7.26. The average Bonchev–Trinajstić information content (AvgIpc) is 2.38. The molecule has 0 radical (unpaired) electrons. The smallest absolute Gasteiger partial charge is 0.310 e. The fourth-order valence-electron chi connectivity index (χ4n) is 1.68. The van der Waals surface area contributed by atoms with Crippen LogP contribution in [0.2, 0.25) is 0 Å². The number of carbonyl (C=O) groups excluding carboxylic acids is 1. The molecule has 0 bridgehead atoms. The minimum absolute atomic E-state index is 0.103. The summed E-state index contributed by atoms with van der Waals surface area (Å²) in [6.07, 6.45) is 16.2. The highest BCUT2D eigenvalue weighted by Gasteiger charge is 2.00. The first-order valence-corrected chi connectivity index (χ1v) is 7.26. The third-order valence-electron chi connectivity index (χ3n) is 2.79. The Kier molecular flexibility index (Phi) is 13.2. The van der Waals surface area contributed by atoms with Gasteiger partial charge in [0, 0.05) is 6.42 Å². The molecule has 0 aromatic heterocycles. The molecule has 0 atom stereocenters. The van der Waals surface area contributed by atoms with Gasteiger partial charge in [-0.2, -0.15) is 0 Å². The Balaban J connectivity index is 3.22. The molecule has 0 aliphatic rings. The molecule has 0 unspecified atom stereocenters. The molecule has 0 N–H and O–H groups in total. The molecule has 0 saturated heterocycles. The largest absolute Gasteiger partial charge is 0.435 e. The SMILES string of the molecule is C=CCCCCCCCCC(=O)O/C=C/CCC. The predicted molar refractivity (Wildman–Crippen MR) is 77.3 cm³/mol. The van der Waals surface area contributed by atoms with Gasteiger partial charge in [0.25, 0.3) is 0 Å². The third kappa shape index (κ3) is 13.0. The molecule has 0 fully saturated rings. The number of hydrogen-bond donors (Lipinski definition) is 0. The summed E-state index contributed by atoms with van der Waals surface area (Å²) in [5.41, 5.74) is 0. The van der Waals surface area contributed by atoms with Crippen LogP contribution in [0.15, 0.2) is 25.0 Å². The first-order chi connectivity index (χ1) is 8.81. The lowest BCUT2D eigenvalue weighted by molar-refractivity contribution is -0.138. The molecule has 0 spiro atoms. The van der Waals surface area contributed by atoms with E-state index in [1.54, 1.807) is 0 Å². The van der Waals surface area contributed by atoms with Crippen molar-refractivity contribution in [3.63, 3.8) is 0 Å². The normalized spacial score (nSPS) is 10.7. The highest BCUT2D eigenvalue weighted by molar-refractivity contribution is 5.69. The molecule has 0 aromatic rings. The van der Waals surface area contributed by atoms with Gasteiger partial charge < -0.3 is 4.74 Å². The fraction of sp³-hybridized carbons (Fsp3) is 0.688. The monoisotopic (exact) mass is 252 g/mol. The lowest BCUT2D eigenvalue weighted by Gasteiger charge is -2.01. The van der Waals surface area contributed by atoms with Gasteiger partial charge in [-0.3, -0.25) is 4.79 Å². The van der Waals surface area contributed by atoms with Gasteiger partial charge in [-0.25, -0.2) is 0 Å². The van der Waals surface area contributed by atoms with E-state index in [2.05, 4.69) is 13.5 Å². The van der Waals surface area contributed by atoms with Gasteiger partial charge >= 0.3 is 5.97 Å². The molecule has 0 saturated carbocycles. The zero-order valence-corrected chi connectivity index (χ0v) is 11.8. The standard InChI is InChI=1S/C16H28O2/c1-3-5-7-8-9-10-11-12-14-16(17)18-15-13-6-4-2/h3,13,15H,1,4-12,14H2,2H3/b15-13+. The highest BCUT2D eigenvalue weighted by Crippen LogP contribution is 2.09. The Bertz CT molecular complexity index is 231. The minimum Gasteiger partial charge on any atom is -0.435 e. The molecule has 0 heterocycles. The lowest BCUT2D eigenvalue weighted by atomic mass is 10.1. The van der Waals surface area contributed by atoms with E-state index in [0.29, 0.717) is 6.42 Å². The Morgan fingerprint density at radius 1 is 1.06 bits per heavy atom. The Labute approximate surface area is 112 Å². The van der Waals surface area contributed by atoms with Gasteiger partial charge in [0.2, 0.25) is 0 Å². The summed E-state index contributed by atoms with van der Waals surface area (Å²) in [4.78, 5) is 11.3. The summed E-state index contributed by atoms with van der Waals surface area (Å²) in [5, 5.41) is 0. The maximum atomic E-state index is 11.3. The van der Waals surface area contributed by atoms with E-state index in [4.69, 9.17) is 4.74 Å². The second kappa shape index (κ2) is 14.0. The van der Waals surface area contributed by atoms with Gasteiger partial charge in [-0.15, -0.1) is 6.58 Å². The molecule has 2 heteroatoms. The molecule has 0 aliphatic heterocycles. The van der Waals surface area contributed by atoms with Gasteiger partial charge in [0.15, 0.2) is 0 Å². The first kappa shape index (κ1) is 16.9. The molecule has 0 aliphatic carbocycles. The summed E-state index contributed by atoms with van der Waals surface area (Å²) in [6, 6.07) is 0. The summed E-state index contributed by atoms with van der Waals surface area (Å²) in [7, 11) is 0. The molecule has 0 rings (SSSR count). The van der Waals surface area contributed by atoms with Crippen LogP contribution in [0.25, 0.3) is 0 Å². The fourth-order valence-corrected chi connectivity index (χ4v) is 1.68. The van der Waals surface area contributed by atoms with E-state index < -0.39 is 0 Å². The lowest BCUT2D eigenvalue weighted by Crippen LogP contribution is -1.98. The van der Waals surface area contributed by atoms with Crippen molar-refractivity contribution in [3.8, 4) is 0 Å².